The molecule has 1 aromatic carbocycles. The average Bonchev–Trinajstić information content (AvgIpc) is 2.76. The number of primary amides is 1. The number of amides is 2. The van der Waals surface area contributed by atoms with Crippen LogP contribution in [0.25, 0.3) is 0 Å². The Morgan fingerprint density at radius 3 is 2.55 bits per heavy atom. The molecule has 5 aliphatic rings. The molecule has 5 fully saturated rings. The first-order valence-corrected chi connectivity index (χ1v) is 11.5. The minimum absolute atomic E-state index is 0.00923. The summed E-state index contributed by atoms with van der Waals surface area (Å²) >= 11 is 0. The molecule has 1 saturated heterocycles. The highest BCUT2D eigenvalue weighted by molar-refractivity contribution is 5.83. The minimum atomic E-state index is -0.450. The van der Waals surface area contributed by atoms with Crippen LogP contribution in [-0.4, -0.2) is 55.7 Å². The average molecular weight is 428 g/mol. The van der Waals surface area contributed by atoms with E-state index in [0.717, 1.165) is 50.9 Å². The van der Waals surface area contributed by atoms with Gasteiger partial charge in [0.05, 0.1) is 13.7 Å². The van der Waals surface area contributed by atoms with E-state index in [1.54, 1.807) is 7.11 Å². The number of hydrogen-bond donors (Lipinski definition) is 2. The van der Waals surface area contributed by atoms with Gasteiger partial charge in [-0.2, -0.15) is 0 Å². The summed E-state index contributed by atoms with van der Waals surface area (Å²) in [4.78, 5) is 27.5. The summed E-state index contributed by atoms with van der Waals surface area (Å²) in [6.45, 7) is 2.74. The smallest absolute Gasteiger partial charge is 0.250 e. The van der Waals surface area contributed by atoms with Gasteiger partial charge in [0.2, 0.25) is 5.91 Å². The van der Waals surface area contributed by atoms with E-state index in [1.165, 1.54) is 5.56 Å². The first-order valence-electron chi connectivity index (χ1n) is 11.5. The maximum Gasteiger partial charge on any atom is 0.250 e. The molecule has 3 N–H and O–H groups in total. The van der Waals surface area contributed by atoms with Crippen molar-refractivity contribution >= 4 is 11.8 Å². The van der Waals surface area contributed by atoms with Gasteiger partial charge in [0.25, 0.3) is 5.91 Å². The summed E-state index contributed by atoms with van der Waals surface area (Å²) in [5.41, 5.74) is 6.66. The number of carbonyl (C=O) groups is 2. The number of nitrogens with zero attached hydrogens (tertiary/aromatic N) is 1. The Bertz CT molecular complexity index is 826. The van der Waals surface area contributed by atoms with Gasteiger partial charge in [-0.25, -0.2) is 0 Å². The second-order valence-electron chi connectivity index (χ2n) is 10.1. The lowest BCUT2D eigenvalue weighted by atomic mass is 9.47. The van der Waals surface area contributed by atoms with Crippen molar-refractivity contribution in [1.29, 1.82) is 0 Å². The van der Waals surface area contributed by atoms with E-state index in [0.29, 0.717) is 30.9 Å². The normalized spacial score (nSPS) is 36.9. The van der Waals surface area contributed by atoms with Crippen LogP contribution in [-0.2, 0) is 20.9 Å². The predicted molar refractivity (Wildman–Crippen MR) is 115 cm³/mol. The Hall–Kier alpha value is -2.12. The van der Waals surface area contributed by atoms with Gasteiger partial charge >= 0.3 is 0 Å². The quantitative estimate of drug-likeness (QED) is 0.721. The van der Waals surface area contributed by atoms with Gasteiger partial charge in [0.15, 0.2) is 0 Å². The van der Waals surface area contributed by atoms with Gasteiger partial charge in [-0.05, 0) is 67.6 Å². The summed E-state index contributed by atoms with van der Waals surface area (Å²) in [7, 11) is 1.66. The zero-order valence-electron chi connectivity index (χ0n) is 18.2. The molecule has 6 rings (SSSR count). The number of rotatable bonds is 6. The van der Waals surface area contributed by atoms with Crippen LogP contribution in [0, 0.1) is 23.2 Å². The highest BCUT2D eigenvalue weighted by Crippen LogP contribution is 2.59. The first-order chi connectivity index (χ1) is 15.0. The molecule has 7 nitrogen and oxygen atoms in total. The van der Waals surface area contributed by atoms with E-state index >= 15 is 0 Å². The van der Waals surface area contributed by atoms with Crippen LogP contribution in [0.1, 0.15) is 37.7 Å². The Balaban J connectivity index is 1.19. The standard InChI is InChI=1S/C24H33N3O4/c1-30-19-4-2-15(3-5-19)13-27-6-7-31-20(14-27)22(28)26-21-17-8-16-9-18(21)12-24(10-16,11-17)23(25)29/h2-5,16-18,20-21H,6-14H2,1H3,(H2,25,29)(H,26,28). The lowest BCUT2D eigenvalue weighted by Crippen LogP contribution is -2.63. The Kier molecular flexibility index (Phi) is 5.42. The Morgan fingerprint density at radius 2 is 1.90 bits per heavy atom. The van der Waals surface area contributed by atoms with Crippen LogP contribution in [0.5, 0.6) is 5.75 Å². The molecule has 1 aliphatic heterocycles. The zero-order chi connectivity index (χ0) is 21.6. The molecule has 0 radical (unpaired) electrons. The number of morpholine rings is 1. The molecule has 3 atom stereocenters. The van der Waals surface area contributed by atoms with E-state index in [2.05, 4.69) is 22.3 Å². The molecular weight excluding hydrogens is 394 g/mol. The fraction of sp³-hybridized carbons (Fsp3) is 0.667. The fourth-order valence-corrected chi connectivity index (χ4v) is 6.81. The zero-order valence-corrected chi connectivity index (χ0v) is 18.2. The molecule has 4 saturated carbocycles. The van der Waals surface area contributed by atoms with Crippen molar-refractivity contribution in [2.75, 3.05) is 26.8 Å². The molecule has 4 aliphatic carbocycles. The largest absolute Gasteiger partial charge is 0.497 e. The number of nitrogens with two attached hydrogens (primary N) is 1. The second-order valence-corrected chi connectivity index (χ2v) is 10.1. The minimum Gasteiger partial charge on any atom is -0.497 e. The summed E-state index contributed by atoms with van der Waals surface area (Å²) in [5.74, 6) is 2.01. The van der Waals surface area contributed by atoms with Crippen molar-refractivity contribution in [2.24, 2.45) is 28.9 Å². The third-order valence-electron chi connectivity index (χ3n) is 8.11. The van der Waals surface area contributed by atoms with Crippen molar-refractivity contribution in [3.8, 4) is 5.75 Å². The van der Waals surface area contributed by atoms with Crippen molar-refractivity contribution in [1.82, 2.24) is 10.2 Å². The number of methoxy groups -OCH3 is 1. The van der Waals surface area contributed by atoms with Crippen molar-refractivity contribution in [3.63, 3.8) is 0 Å². The molecular formula is C24H33N3O4. The maximum atomic E-state index is 13.1. The summed E-state index contributed by atoms with van der Waals surface area (Å²) in [5, 5.41) is 3.33. The summed E-state index contributed by atoms with van der Waals surface area (Å²) < 4.78 is 11.1. The molecule has 7 heteroatoms. The van der Waals surface area contributed by atoms with Crippen LogP contribution in [0.2, 0.25) is 0 Å². The number of benzene rings is 1. The van der Waals surface area contributed by atoms with Crippen molar-refractivity contribution < 1.29 is 19.1 Å². The van der Waals surface area contributed by atoms with Gasteiger partial charge in [-0.15, -0.1) is 0 Å². The SMILES string of the molecule is COc1ccc(CN2CCOC(C(=O)NC3C4CC5CC3CC(C(N)=O)(C5)C4)C2)cc1. The number of ether oxygens (including phenoxy) is 2. The number of nitrogens with one attached hydrogen (secondary N) is 1. The van der Waals surface area contributed by atoms with Crippen LogP contribution >= 0.6 is 0 Å². The third-order valence-corrected chi connectivity index (χ3v) is 8.11. The molecule has 31 heavy (non-hydrogen) atoms. The number of carbonyl (C=O) groups excluding carboxylic acids is 2. The highest BCUT2D eigenvalue weighted by atomic mass is 16.5. The van der Waals surface area contributed by atoms with E-state index in [-0.39, 0.29) is 23.3 Å². The Labute approximate surface area is 183 Å². The fourth-order valence-electron chi connectivity index (χ4n) is 6.81. The molecule has 0 spiro atoms. The van der Waals surface area contributed by atoms with E-state index in [4.69, 9.17) is 15.2 Å². The van der Waals surface area contributed by atoms with Crippen LogP contribution in [0.15, 0.2) is 24.3 Å². The summed E-state index contributed by atoms with van der Waals surface area (Å²) in [6, 6.07) is 8.20. The van der Waals surface area contributed by atoms with E-state index < -0.39 is 6.10 Å². The van der Waals surface area contributed by atoms with E-state index in [1.807, 2.05) is 12.1 Å². The van der Waals surface area contributed by atoms with Crippen molar-refractivity contribution in [2.45, 2.75) is 50.8 Å². The molecule has 1 aromatic rings. The predicted octanol–water partition coefficient (Wildman–Crippen LogP) is 1.69. The number of hydrogen-bond acceptors (Lipinski definition) is 5. The van der Waals surface area contributed by atoms with Gasteiger partial charge in [-0.1, -0.05) is 12.1 Å². The lowest BCUT2D eigenvalue weighted by molar-refractivity contribution is -0.151. The maximum absolute atomic E-state index is 13.1. The lowest BCUT2D eigenvalue weighted by Gasteiger charge is -2.59. The van der Waals surface area contributed by atoms with Gasteiger partial charge in [-0.3, -0.25) is 14.5 Å². The first kappa shape index (κ1) is 20.8. The Morgan fingerprint density at radius 1 is 1.19 bits per heavy atom. The van der Waals surface area contributed by atoms with Gasteiger partial charge < -0.3 is 20.5 Å². The van der Waals surface area contributed by atoms with Gasteiger partial charge in [0, 0.05) is 31.1 Å². The van der Waals surface area contributed by atoms with Crippen LogP contribution in [0.4, 0.5) is 0 Å². The molecule has 1 heterocycles. The van der Waals surface area contributed by atoms with Crippen molar-refractivity contribution in [3.05, 3.63) is 29.8 Å². The molecule has 168 valence electrons. The monoisotopic (exact) mass is 427 g/mol. The molecule has 2 amide bonds. The van der Waals surface area contributed by atoms with E-state index in [9.17, 15) is 9.59 Å². The molecule has 0 aromatic heterocycles. The second kappa shape index (κ2) is 8.10. The third kappa shape index (κ3) is 3.94. The molecule has 4 bridgehead atoms. The van der Waals surface area contributed by atoms with Crippen LogP contribution in [0.3, 0.4) is 0 Å². The molecule has 3 unspecified atom stereocenters. The van der Waals surface area contributed by atoms with Gasteiger partial charge in [0.1, 0.15) is 11.9 Å². The summed E-state index contributed by atoms with van der Waals surface area (Å²) in [6.07, 6.45) is 4.36. The topological polar surface area (TPSA) is 93.9 Å². The highest BCUT2D eigenvalue weighted by Gasteiger charge is 2.58. The van der Waals surface area contributed by atoms with Crippen LogP contribution < -0.4 is 15.8 Å².